The van der Waals surface area contributed by atoms with Gasteiger partial charge in [-0.3, -0.25) is 9.59 Å². The zero-order chi connectivity index (χ0) is 33.1. The highest BCUT2D eigenvalue weighted by Gasteiger charge is 2.58. The van der Waals surface area contributed by atoms with E-state index in [-0.39, 0.29) is 33.5 Å². The number of carbonyl (C=O) groups is 2. The van der Waals surface area contributed by atoms with Crippen LogP contribution in [-0.2, 0) is 9.59 Å². The maximum Gasteiger partial charge on any atom is 0.226 e. The van der Waals surface area contributed by atoms with Gasteiger partial charge in [-0.25, -0.2) is 0 Å². The van der Waals surface area contributed by atoms with Crippen molar-refractivity contribution in [3.8, 4) is 0 Å². The fourth-order valence-corrected chi connectivity index (χ4v) is 12.0. The number of hydrogen-bond donors (Lipinski definition) is 2. The average Bonchev–Trinajstić information content (AvgIpc) is 3.02. The lowest BCUT2D eigenvalue weighted by Gasteiger charge is -2.58. The third-order valence-electron chi connectivity index (χ3n) is 14.9. The Bertz CT molecular complexity index is 1250. The summed E-state index contributed by atoms with van der Waals surface area (Å²) in [6.07, 6.45) is 23.3. The van der Waals surface area contributed by atoms with Crippen molar-refractivity contribution in [2.45, 2.75) is 132 Å². The minimum Gasteiger partial charge on any atom is -0.354 e. The summed E-state index contributed by atoms with van der Waals surface area (Å²) in [5, 5.41) is 6.64. The molecule has 0 aromatic carbocycles. The number of rotatable bonds is 7. The molecule has 6 aliphatic carbocycles. The van der Waals surface area contributed by atoms with Gasteiger partial charge in [0.25, 0.3) is 0 Å². The van der Waals surface area contributed by atoms with Crippen LogP contribution in [0.1, 0.15) is 132 Å². The van der Waals surface area contributed by atoms with Gasteiger partial charge in [0.1, 0.15) is 0 Å². The molecule has 0 bridgehead atoms. The number of amides is 2. The van der Waals surface area contributed by atoms with Crippen molar-refractivity contribution in [2.24, 2.45) is 57.2 Å². The van der Waals surface area contributed by atoms with Gasteiger partial charge >= 0.3 is 0 Å². The topological polar surface area (TPSA) is 58.2 Å². The van der Waals surface area contributed by atoms with Gasteiger partial charge in [0, 0.05) is 13.1 Å². The summed E-state index contributed by atoms with van der Waals surface area (Å²) in [6.45, 7) is 19.7. The molecule has 0 unspecified atom stereocenters. The van der Waals surface area contributed by atoms with Gasteiger partial charge < -0.3 is 10.6 Å². The number of fused-ring (bicyclic) bond motifs is 6. The molecule has 6 rings (SSSR count). The fraction of sp³-hybridized carbons (Fsp3) is 0.762. The summed E-state index contributed by atoms with van der Waals surface area (Å²) in [5.41, 5.74) is 5.86. The molecule has 0 aromatic rings. The van der Waals surface area contributed by atoms with Gasteiger partial charge in [-0.15, -0.1) is 0 Å². The molecule has 4 heteroatoms. The van der Waals surface area contributed by atoms with Crippen molar-refractivity contribution in [2.75, 3.05) is 13.1 Å². The van der Waals surface area contributed by atoms with Crippen LogP contribution in [0.3, 0.4) is 0 Å². The van der Waals surface area contributed by atoms with Gasteiger partial charge in [-0.2, -0.15) is 0 Å². The second-order valence-corrected chi connectivity index (χ2v) is 18.0. The standard InChI is InChI=1S/C42H64N2O2/c1-27(2)29-11-15-33-31(25-29)13-17-35-39(33,5)19-9-21-41(35,7)37(45)43-23-24-44-38(46)42(8)22-10-20-40(6)34-16-12-30(28(3)4)26-32(34)14-18-36(40)42/h13-14,25-28,33-36H,9-12,15-24H2,1-8H3,(H,43,45)(H,44,46)/t33-,34+,35-,36-,39-,40+,41+,42+/m0/s1. The first-order chi connectivity index (χ1) is 21.7. The van der Waals surface area contributed by atoms with Crippen LogP contribution in [0.4, 0.5) is 0 Å². The van der Waals surface area contributed by atoms with Gasteiger partial charge in [0.2, 0.25) is 11.8 Å². The SMILES string of the molecule is CC(C)C1=CC2=CC[C@H]3[C@](C)(CCC[C@@]3(C)C(=O)NCCNC(=O)[C@]3(C)CCC[C@@]4(C)[C@H]5CCC(C(C)C)=CC5=CC[C@@H]43)[C@@H]2CC1. The highest BCUT2D eigenvalue weighted by atomic mass is 16.2. The van der Waals surface area contributed by atoms with Crippen molar-refractivity contribution in [3.63, 3.8) is 0 Å². The minimum absolute atomic E-state index is 0.169. The first kappa shape index (κ1) is 33.8. The van der Waals surface area contributed by atoms with E-state index < -0.39 is 0 Å². The largest absolute Gasteiger partial charge is 0.354 e. The smallest absolute Gasteiger partial charge is 0.226 e. The van der Waals surface area contributed by atoms with Crippen LogP contribution in [0, 0.1) is 57.2 Å². The predicted octanol–water partition coefficient (Wildman–Crippen LogP) is 9.49. The van der Waals surface area contributed by atoms with E-state index in [9.17, 15) is 9.59 Å². The maximum atomic E-state index is 14.0. The van der Waals surface area contributed by atoms with Gasteiger partial charge in [0.15, 0.2) is 0 Å². The molecule has 8 atom stereocenters. The molecule has 254 valence electrons. The monoisotopic (exact) mass is 628 g/mol. The van der Waals surface area contributed by atoms with E-state index in [0.717, 1.165) is 38.5 Å². The van der Waals surface area contributed by atoms with Crippen LogP contribution >= 0.6 is 0 Å². The second-order valence-electron chi connectivity index (χ2n) is 18.0. The van der Waals surface area contributed by atoms with Crippen LogP contribution in [0.5, 0.6) is 0 Å². The molecule has 46 heavy (non-hydrogen) atoms. The minimum atomic E-state index is -0.367. The van der Waals surface area contributed by atoms with E-state index in [0.29, 0.717) is 48.6 Å². The Morgan fingerprint density at radius 3 is 1.43 bits per heavy atom. The molecule has 0 radical (unpaired) electrons. The molecular weight excluding hydrogens is 564 g/mol. The fourth-order valence-electron chi connectivity index (χ4n) is 12.0. The van der Waals surface area contributed by atoms with Crippen LogP contribution in [0.15, 0.2) is 46.6 Å². The van der Waals surface area contributed by atoms with Crippen molar-refractivity contribution < 1.29 is 9.59 Å². The second kappa shape index (κ2) is 12.4. The number of allylic oxidation sites excluding steroid dienone is 8. The van der Waals surface area contributed by atoms with E-state index in [1.165, 1.54) is 38.5 Å². The summed E-state index contributed by atoms with van der Waals surface area (Å²) < 4.78 is 0. The Morgan fingerprint density at radius 2 is 1.07 bits per heavy atom. The summed E-state index contributed by atoms with van der Waals surface area (Å²) in [5.74, 6) is 3.46. The lowest BCUT2D eigenvalue weighted by molar-refractivity contribution is -0.145. The lowest BCUT2D eigenvalue weighted by atomic mass is 9.46. The summed E-state index contributed by atoms with van der Waals surface area (Å²) in [4.78, 5) is 28.0. The zero-order valence-corrected chi connectivity index (χ0v) is 30.5. The molecule has 0 aliphatic heterocycles. The van der Waals surface area contributed by atoms with E-state index in [4.69, 9.17) is 0 Å². The van der Waals surface area contributed by atoms with Crippen molar-refractivity contribution >= 4 is 11.8 Å². The third-order valence-corrected chi connectivity index (χ3v) is 14.9. The van der Waals surface area contributed by atoms with Crippen molar-refractivity contribution in [1.29, 1.82) is 0 Å². The molecule has 0 heterocycles. The van der Waals surface area contributed by atoms with E-state index >= 15 is 0 Å². The van der Waals surface area contributed by atoms with Crippen LogP contribution in [0.25, 0.3) is 0 Å². The highest BCUT2D eigenvalue weighted by Crippen LogP contribution is 2.63. The Labute approximate surface area is 280 Å². The summed E-state index contributed by atoms with van der Waals surface area (Å²) in [7, 11) is 0. The third kappa shape index (κ3) is 5.50. The predicted molar refractivity (Wildman–Crippen MR) is 190 cm³/mol. The molecule has 2 amide bonds. The average molecular weight is 629 g/mol. The number of carbonyl (C=O) groups excluding carboxylic acids is 2. The molecule has 2 fully saturated rings. The van der Waals surface area contributed by atoms with E-state index in [1.54, 1.807) is 22.3 Å². The first-order valence-electron chi connectivity index (χ1n) is 19.1. The lowest BCUT2D eigenvalue weighted by Crippen LogP contribution is -2.57. The maximum absolute atomic E-state index is 14.0. The Morgan fingerprint density at radius 1 is 0.674 bits per heavy atom. The normalized spacial score (nSPS) is 40.3. The summed E-state index contributed by atoms with van der Waals surface area (Å²) in [6, 6.07) is 0. The Balaban J connectivity index is 1.08. The molecule has 4 nitrogen and oxygen atoms in total. The van der Waals surface area contributed by atoms with Gasteiger partial charge in [-0.1, -0.05) is 104 Å². The van der Waals surface area contributed by atoms with Crippen LogP contribution in [-0.4, -0.2) is 24.9 Å². The molecule has 0 spiro atoms. The Hall–Kier alpha value is -2.10. The van der Waals surface area contributed by atoms with Crippen LogP contribution in [0.2, 0.25) is 0 Å². The molecule has 0 saturated heterocycles. The highest BCUT2D eigenvalue weighted by molar-refractivity contribution is 5.84. The van der Waals surface area contributed by atoms with E-state index in [1.807, 2.05) is 0 Å². The Kier molecular flexibility index (Phi) is 9.12. The van der Waals surface area contributed by atoms with Crippen molar-refractivity contribution in [3.05, 3.63) is 46.6 Å². The van der Waals surface area contributed by atoms with Gasteiger partial charge in [-0.05, 0) is 122 Å². The number of hydrogen-bond acceptors (Lipinski definition) is 2. The number of nitrogens with one attached hydrogen (secondary N) is 2. The molecule has 6 aliphatic rings. The van der Waals surface area contributed by atoms with E-state index in [2.05, 4.69) is 90.3 Å². The van der Waals surface area contributed by atoms with Crippen molar-refractivity contribution in [1.82, 2.24) is 10.6 Å². The van der Waals surface area contributed by atoms with Gasteiger partial charge in [0.05, 0.1) is 10.8 Å². The zero-order valence-electron chi connectivity index (χ0n) is 30.5. The quantitative estimate of drug-likeness (QED) is 0.276. The molecule has 2 N–H and O–H groups in total. The molecule has 0 aromatic heterocycles. The first-order valence-corrected chi connectivity index (χ1v) is 19.1. The van der Waals surface area contributed by atoms with Crippen LogP contribution < -0.4 is 10.6 Å². The summed E-state index contributed by atoms with van der Waals surface area (Å²) >= 11 is 0. The molecule has 2 saturated carbocycles. The molecular formula is C42H64N2O2.